The van der Waals surface area contributed by atoms with Gasteiger partial charge in [0.1, 0.15) is 0 Å². The molecule has 0 saturated heterocycles. The van der Waals surface area contributed by atoms with Gasteiger partial charge < -0.3 is 10.1 Å². The summed E-state index contributed by atoms with van der Waals surface area (Å²) in [5, 5.41) is 7.78. The zero-order valence-electron chi connectivity index (χ0n) is 9.23. The van der Waals surface area contributed by atoms with E-state index in [1.807, 2.05) is 28.9 Å². The number of para-hydroxylation sites is 2. The van der Waals surface area contributed by atoms with Crippen LogP contribution in [0.4, 0.5) is 11.5 Å². The van der Waals surface area contributed by atoms with Gasteiger partial charge in [-0.2, -0.15) is 0 Å². The third kappa shape index (κ3) is 1.09. The molecular weight excluding hydrogens is 214 g/mol. The van der Waals surface area contributed by atoms with Crippen LogP contribution in [0, 0.1) is 0 Å². The van der Waals surface area contributed by atoms with Crippen LogP contribution in [-0.2, 0) is 6.42 Å². The first-order chi connectivity index (χ1) is 8.33. The Morgan fingerprint density at radius 1 is 1.29 bits per heavy atom. The highest BCUT2D eigenvalue weighted by Crippen LogP contribution is 2.45. The highest BCUT2D eigenvalue weighted by atomic mass is 16.5. The van der Waals surface area contributed by atoms with Crippen molar-refractivity contribution in [3.63, 3.8) is 0 Å². The van der Waals surface area contributed by atoms with Gasteiger partial charge in [-0.05, 0) is 25.0 Å². The predicted molar refractivity (Wildman–Crippen MR) is 65.7 cm³/mol. The second kappa shape index (κ2) is 2.91. The Labute approximate surface area is 98.5 Å². The van der Waals surface area contributed by atoms with E-state index < -0.39 is 0 Å². The molecule has 0 unspecified atom stereocenters. The largest absolute Gasteiger partial charge is 0.449 e. The van der Waals surface area contributed by atoms with E-state index in [9.17, 15) is 0 Å². The average molecular weight is 225 g/mol. The lowest BCUT2D eigenvalue weighted by molar-refractivity contribution is 0.475. The Kier molecular flexibility index (Phi) is 1.52. The first-order valence-electron chi connectivity index (χ1n) is 5.67. The molecule has 0 saturated carbocycles. The van der Waals surface area contributed by atoms with Crippen LogP contribution in [0.5, 0.6) is 11.5 Å². The van der Waals surface area contributed by atoms with Gasteiger partial charge in [0.05, 0.1) is 11.4 Å². The van der Waals surface area contributed by atoms with Crippen LogP contribution < -0.4 is 10.1 Å². The van der Waals surface area contributed by atoms with Crippen LogP contribution in [0.25, 0.3) is 5.70 Å². The summed E-state index contributed by atoms with van der Waals surface area (Å²) in [6.07, 6.45) is 1.91. The van der Waals surface area contributed by atoms with Gasteiger partial charge in [-0.1, -0.05) is 18.7 Å². The Balaban J connectivity index is 1.89. The van der Waals surface area contributed by atoms with Crippen LogP contribution in [0.15, 0.2) is 30.8 Å². The highest BCUT2D eigenvalue weighted by molar-refractivity contribution is 5.75. The van der Waals surface area contributed by atoms with Crippen LogP contribution in [0.1, 0.15) is 12.1 Å². The Bertz CT molecular complexity index is 642. The van der Waals surface area contributed by atoms with E-state index in [4.69, 9.17) is 4.74 Å². The minimum Gasteiger partial charge on any atom is -0.449 e. The van der Waals surface area contributed by atoms with Crippen molar-refractivity contribution >= 4 is 17.2 Å². The molecule has 0 radical (unpaired) electrons. The molecule has 4 rings (SSSR count). The summed E-state index contributed by atoms with van der Waals surface area (Å²) < 4.78 is 7.81. The summed E-state index contributed by atoms with van der Waals surface area (Å²) in [4.78, 5) is 0. The average Bonchev–Trinajstić information content (AvgIpc) is 2.87. The first-order valence-corrected chi connectivity index (χ1v) is 5.67. The van der Waals surface area contributed by atoms with Gasteiger partial charge in [-0.25, -0.2) is 4.68 Å². The molecule has 2 aliphatic heterocycles. The molecule has 0 bridgehead atoms. The Hall–Kier alpha value is -2.23. The van der Waals surface area contributed by atoms with E-state index in [-0.39, 0.29) is 0 Å². The van der Waals surface area contributed by atoms with Gasteiger partial charge in [0.25, 0.3) is 0 Å². The minimum atomic E-state index is 0.791. The van der Waals surface area contributed by atoms with Gasteiger partial charge in [-0.15, -0.1) is 5.10 Å². The van der Waals surface area contributed by atoms with E-state index in [2.05, 4.69) is 17.0 Å². The SMILES string of the molecule is C=C1CCc2c3c(nn21)Nc1ccccc1O3. The third-order valence-electron chi connectivity index (χ3n) is 3.23. The summed E-state index contributed by atoms with van der Waals surface area (Å²) in [5.41, 5.74) is 3.11. The molecule has 0 atom stereocenters. The smallest absolute Gasteiger partial charge is 0.196 e. The zero-order valence-corrected chi connectivity index (χ0v) is 9.23. The molecule has 17 heavy (non-hydrogen) atoms. The maximum absolute atomic E-state index is 5.92. The van der Waals surface area contributed by atoms with Gasteiger partial charge in [0, 0.05) is 5.70 Å². The van der Waals surface area contributed by atoms with Crippen molar-refractivity contribution in [2.75, 3.05) is 5.32 Å². The van der Waals surface area contributed by atoms with Crippen LogP contribution in [0.2, 0.25) is 0 Å². The number of nitrogens with one attached hydrogen (secondary N) is 1. The summed E-state index contributed by atoms with van der Waals surface area (Å²) in [5.74, 6) is 2.50. The Morgan fingerprint density at radius 3 is 3.12 bits per heavy atom. The number of hydrogen-bond acceptors (Lipinski definition) is 3. The number of rotatable bonds is 0. The summed E-state index contributed by atoms with van der Waals surface area (Å²) in [7, 11) is 0. The van der Waals surface area contributed by atoms with Crippen molar-refractivity contribution in [1.82, 2.24) is 9.78 Å². The minimum absolute atomic E-state index is 0.791. The second-order valence-corrected chi connectivity index (χ2v) is 4.33. The number of allylic oxidation sites excluding steroid dienone is 1. The molecule has 0 fully saturated rings. The van der Waals surface area contributed by atoms with E-state index >= 15 is 0 Å². The van der Waals surface area contributed by atoms with Crippen molar-refractivity contribution in [3.05, 3.63) is 36.5 Å². The number of ether oxygens (including phenoxy) is 1. The van der Waals surface area contributed by atoms with Crippen molar-refractivity contribution < 1.29 is 4.74 Å². The third-order valence-corrected chi connectivity index (χ3v) is 3.23. The van der Waals surface area contributed by atoms with Crippen molar-refractivity contribution in [2.24, 2.45) is 0 Å². The van der Waals surface area contributed by atoms with Crippen molar-refractivity contribution in [3.8, 4) is 11.5 Å². The topological polar surface area (TPSA) is 39.1 Å². The molecule has 4 heteroatoms. The highest BCUT2D eigenvalue weighted by Gasteiger charge is 2.29. The van der Waals surface area contributed by atoms with Crippen LogP contribution in [0.3, 0.4) is 0 Å². The molecule has 0 spiro atoms. The maximum atomic E-state index is 5.92. The van der Waals surface area contributed by atoms with Gasteiger partial charge in [-0.3, -0.25) is 0 Å². The summed E-state index contributed by atoms with van der Waals surface area (Å²) in [6.45, 7) is 4.01. The van der Waals surface area contributed by atoms with Gasteiger partial charge in [0.2, 0.25) is 0 Å². The fraction of sp³-hybridized carbons (Fsp3) is 0.154. The number of aromatic nitrogens is 2. The van der Waals surface area contributed by atoms with Crippen molar-refractivity contribution in [1.29, 1.82) is 0 Å². The van der Waals surface area contributed by atoms with Gasteiger partial charge in [0.15, 0.2) is 17.3 Å². The van der Waals surface area contributed by atoms with Crippen LogP contribution >= 0.6 is 0 Å². The quantitative estimate of drug-likeness (QED) is 0.638. The fourth-order valence-corrected chi connectivity index (χ4v) is 2.37. The number of anilines is 2. The molecular formula is C13H11N3O. The lowest BCUT2D eigenvalue weighted by atomic mass is 10.2. The van der Waals surface area contributed by atoms with Crippen molar-refractivity contribution in [2.45, 2.75) is 12.8 Å². The molecule has 84 valence electrons. The molecule has 3 heterocycles. The molecule has 2 aliphatic rings. The monoisotopic (exact) mass is 225 g/mol. The number of fused-ring (bicyclic) bond motifs is 4. The van der Waals surface area contributed by atoms with E-state index in [0.29, 0.717) is 0 Å². The standard InChI is InChI=1S/C13H11N3O/c1-8-6-7-10-12-13(15-16(8)10)14-9-4-2-3-5-11(9)17-12/h2-5H,1,6-7H2,(H,14,15). The first kappa shape index (κ1) is 8.87. The lowest BCUT2D eigenvalue weighted by Crippen LogP contribution is -2.02. The van der Waals surface area contributed by atoms with Gasteiger partial charge >= 0.3 is 0 Å². The molecule has 1 aromatic heterocycles. The zero-order chi connectivity index (χ0) is 11.4. The Morgan fingerprint density at radius 2 is 2.18 bits per heavy atom. The van der Waals surface area contributed by atoms with E-state index in [0.717, 1.165) is 47.2 Å². The van der Waals surface area contributed by atoms with E-state index in [1.165, 1.54) is 0 Å². The molecule has 0 aliphatic carbocycles. The normalized spacial score (nSPS) is 15.6. The molecule has 1 N–H and O–H groups in total. The molecule has 4 nitrogen and oxygen atoms in total. The fourth-order valence-electron chi connectivity index (χ4n) is 2.37. The van der Waals surface area contributed by atoms with E-state index in [1.54, 1.807) is 0 Å². The predicted octanol–water partition coefficient (Wildman–Crippen LogP) is 3.15. The summed E-state index contributed by atoms with van der Waals surface area (Å²) in [6, 6.07) is 7.88. The maximum Gasteiger partial charge on any atom is 0.196 e. The molecule has 2 aromatic rings. The lowest BCUT2D eigenvalue weighted by Gasteiger charge is -2.17. The molecule has 0 amide bonds. The van der Waals surface area contributed by atoms with Crippen LogP contribution in [-0.4, -0.2) is 9.78 Å². The summed E-state index contributed by atoms with van der Waals surface area (Å²) >= 11 is 0. The number of hydrogen-bond donors (Lipinski definition) is 1. The number of benzene rings is 1. The molecule has 1 aromatic carbocycles. The number of nitrogens with zero attached hydrogens (tertiary/aromatic N) is 2. The second-order valence-electron chi connectivity index (χ2n) is 4.33.